The summed E-state index contributed by atoms with van der Waals surface area (Å²) in [5, 5.41) is 0.725. The molecule has 3 aromatic carbocycles. The van der Waals surface area contributed by atoms with Crippen molar-refractivity contribution in [2.45, 2.75) is 13.0 Å². The number of Topliss-reactive ketones (excluding diaryl/α,β-unsaturated/α-hetero) is 1. The van der Waals surface area contributed by atoms with E-state index in [-0.39, 0.29) is 22.5 Å². The van der Waals surface area contributed by atoms with Gasteiger partial charge in [0.2, 0.25) is 5.76 Å². The van der Waals surface area contributed by atoms with Crippen molar-refractivity contribution in [3.8, 4) is 0 Å². The van der Waals surface area contributed by atoms with Gasteiger partial charge in [0.05, 0.1) is 17.0 Å². The van der Waals surface area contributed by atoms with E-state index >= 15 is 0 Å². The molecule has 5 rings (SSSR count). The Morgan fingerprint density at radius 2 is 1.78 bits per heavy atom. The second-order valence-electron chi connectivity index (χ2n) is 7.55. The van der Waals surface area contributed by atoms with Gasteiger partial charge in [0.15, 0.2) is 11.2 Å². The van der Waals surface area contributed by atoms with E-state index < -0.39 is 11.9 Å². The van der Waals surface area contributed by atoms with Crippen LogP contribution < -0.4 is 10.3 Å². The number of anilines is 1. The fourth-order valence-electron chi connectivity index (χ4n) is 4.06. The smallest absolute Gasteiger partial charge is 0.295 e. The van der Waals surface area contributed by atoms with Crippen LogP contribution >= 0.6 is 27.5 Å². The predicted molar refractivity (Wildman–Crippen MR) is 127 cm³/mol. The highest BCUT2D eigenvalue weighted by atomic mass is 79.9. The van der Waals surface area contributed by atoms with E-state index in [1.54, 1.807) is 42.5 Å². The molecule has 4 aromatic rings. The van der Waals surface area contributed by atoms with Crippen LogP contribution in [0.4, 0.5) is 5.69 Å². The number of nitrogens with zero attached hydrogens (tertiary/aromatic N) is 1. The molecule has 0 saturated carbocycles. The highest BCUT2D eigenvalue weighted by Crippen LogP contribution is 2.41. The highest BCUT2D eigenvalue weighted by Gasteiger charge is 2.43. The van der Waals surface area contributed by atoms with E-state index in [1.807, 2.05) is 24.3 Å². The summed E-state index contributed by atoms with van der Waals surface area (Å²) in [6.45, 7) is 1.48. The van der Waals surface area contributed by atoms with Crippen molar-refractivity contribution >= 4 is 55.9 Å². The third-order valence-corrected chi connectivity index (χ3v) is 6.28. The van der Waals surface area contributed by atoms with Crippen LogP contribution in [0.15, 0.2) is 80.4 Å². The summed E-state index contributed by atoms with van der Waals surface area (Å²) in [6, 6.07) is 18.2. The van der Waals surface area contributed by atoms with Crippen molar-refractivity contribution < 1.29 is 14.0 Å². The van der Waals surface area contributed by atoms with Crippen molar-refractivity contribution in [1.82, 2.24) is 0 Å². The number of halogens is 2. The summed E-state index contributed by atoms with van der Waals surface area (Å²) < 4.78 is 6.75. The predicted octanol–water partition coefficient (Wildman–Crippen LogP) is 6.16. The maximum absolute atomic E-state index is 13.6. The lowest BCUT2D eigenvalue weighted by Crippen LogP contribution is -2.29. The van der Waals surface area contributed by atoms with Gasteiger partial charge in [-0.15, -0.1) is 0 Å². The van der Waals surface area contributed by atoms with Crippen LogP contribution in [0.25, 0.3) is 11.0 Å². The lowest BCUT2D eigenvalue weighted by molar-refractivity contribution is 0.0970. The Bertz CT molecular complexity index is 1480. The van der Waals surface area contributed by atoms with Gasteiger partial charge >= 0.3 is 0 Å². The Morgan fingerprint density at radius 3 is 2.47 bits per heavy atom. The Morgan fingerprint density at radius 1 is 1.03 bits per heavy atom. The number of ketones is 1. The fraction of sp³-hybridized carbons (Fsp3) is 0.0800. The minimum atomic E-state index is -0.696. The van der Waals surface area contributed by atoms with Crippen LogP contribution in [0.1, 0.15) is 45.0 Å². The largest absolute Gasteiger partial charge is 0.450 e. The second-order valence-corrected chi connectivity index (χ2v) is 8.90. The first-order valence-electron chi connectivity index (χ1n) is 9.81. The van der Waals surface area contributed by atoms with Gasteiger partial charge < -0.3 is 4.42 Å². The summed E-state index contributed by atoms with van der Waals surface area (Å²) in [4.78, 5) is 40.3. The minimum Gasteiger partial charge on any atom is -0.450 e. The van der Waals surface area contributed by atoms with Crippen LogP contribution in [-0.4, -0.2) is 11.7 Å². The van der Waals surface area contributed by atoms with Gasteiger partial charge in [-0.2, -0.15) is 0 Å². The topological polar surface area (TPSA) is 67.6 Å². The molecule has 1 aromatic heterocycles. The number of carbonyl (C=O) groups is 2. The molecule has 0 radical (unpaired) electrons. The van der Waals surface area contributed by atoms with Crippen LogP contribution in [0.5, 0.6) is 0 Å². The molecule has 1 unspecified atom stereocenters. The zero-order valence-electron chi connectivity index (χ0n) is 16.8. The average molecular weight is 509 g/mol. The molecule has 2 heterocycles. The molecule has 0 aliphatic carbocycles. The van der Waals surface area contributed by atoms with E-state index in [0.29, 0.717) is 27.2 Å². The molecule has 0 saturated heterocycles. The molecule has 5 nitrogen and oxygen atoms in total. The molecule has 0 bridgehead atoms. The highest BCUT2D eigenvalue weighted by molar-refractivity contribution is 9.10. The maximum Gasteiger partial charge on any atom is 0.295 e. The van der Waals surface area contributed by atoms with Crippen molar-refractivity contribution in [1.29, 1.82) is 0 Å². The summed E-state index contributed by atoms with van der Waals surface area (Å²) >= 11 is 9.59. The van der Waals surface area contributed by atoms with Crippen LogP contribution in [0.2, 0.25) is 5.02 Å². The van der Waals surface area contributed by atoms with Crippen molar-refractivity contribution in [3.05, 3.63) is 109 Å². The first kappa shape index (κ1) is 20.7. The Kier molecular flexibility index (Phi) is 4.99. The number of carbonyl (C=O) groups excluding carboxylic acids is 2. The Balaban J connectivity index is 1.79. The van der Waals surface area contributed by atoms with Gasteiger partial charge in [-0.1, -0.05) is 39.7 Å². The summed E-state index contributed by atoms with van der Waals surface area (Å²) in [5.74, 6) is -0.490. The van der Waals surface area contributed by atoms with Gasteiger partial charge in [0.25, 0.3) is 5.91 Å². The Labute approximate surface area is 196 Å². The first-order valence-corrected chi connectivity index (χ1v) is 11.0. The number of hydrogen-bond donors (Lipinski definition) is 0. The molecule has 1 aliphatic heterocycles. The molecule has 1 amide bonds. The van der Waals surface area contributed by atoms with E-state index in [0.717, 1.165) is 10.0 Å². The van der Waals surface area contributed by atoms with Gasteiger partial charge in [-0.3, -0.25) is 19.3 Å². The lowest BCUT2D eigenvalue weighted by Gasteiger charge is -2.25. The summed E-state index contributed by atoms with van der Waals surface area (Å²) in [7, 11) is 0. The van der Waals surface area contributed by atoms with Crippen molar-refractivity contribution in [3.63, 3.8) is 0 Å². The normalized spacial score (nSPS) is 15.3. The zero-order chi connectivity index (χ0) is 22.6. The molecule has 0 N–H and O–H groups in total. The third-order valence-electron chi connectivity index (χ3n) is 5.55. The molecule has 1 aliphatic rings. The average Bonchev–Trinajstić information content (AvgIpc) is 3.07. The van der Waals surface area contributed by atoms with Crippen molar-refractivity contribution in [2.24, 2.45) is 0 Å². The van der Waals surface area contributed by atoms with E-state index in [2.05, 4.69) is 15.9 Å². The number of fused-ring (bicyclic) bond motifs is 2. The first-order chi connectivity index (χ1) is 15.3. The quantitative estimate of drug-likeness (QED) is 0.311. The molecular weight excluding hydrogens is 494 g/mol. The van der Waals surface area contributed by atoms with Crippen LogP contribution in [0.3, 0.4) is 0 Å². The van der Waals surface area contributed by atoms with Gasteiger partial charge in [-0.25, -0.2) is 0 Å². The number of hydrogen-bond acceptors (Lipinski definition) is 4. The summed E-state index contributed by atoms with van der Waals surface area (Å²) in [5.41, 5.74) is 2.09. The molecule has 0 fully saturated rings. The standard InChI is InChI=1S/C25H15BrClNO4/c1-13(29)14-5-8-18(9-6-14)28-22(15-3-2-4-16(26)11-15)21-23(30)19-12-17(27)7-10-20(19)32-24(21)25(28)31/h2-12,22H,1H3. The number of amides is 1. The molecule has 7 heteroatoms. The lowest BCUT2D eigenvalue weighted by atomic mass is 9.98. The Hall–Kier alpha value is -3.22. The van der Waals surface area contributed by atoms with Gasteiger partial charge in [0.1, 0.15) is 5.58 Å². The number of benzene rings is 3. The zero-order valence-corrected chi connectivity index (χ0v) is 19.1. The summed E-state index contributed by atoms with van der Waals surface area (Å²) in [6.07, 6.45) is 0. The molecular formula is C25H15BrClNO4. The SMILES string of the molecule is CC(=O)c1ccc(N2C(=O)c3oc4ccc(Cl)cc4c(=O)c3C2c2cccc(Br)c2)cc1. The molecule has 0 spiro atoms. The minimum absolute atomic E-state index is 0.00504. The van der Waals surface area contributed by atoms with E-state index in [4.69, 9.17) is 16.0 Å². The maximum atomic E-state index is 13.6. The molecule has 32 heavy (non-hydrogen) atoms. The van der Waals surface area contributed by atoms with E-state index in [1.165, 1.54) is 11.8 Å². The fourth-order valence-corrected chi connectivity index (χ4v) is 4.65. The second kappa shape index (κ2) is 7.73. The van der Waals surface area contributed by atoms with Gasteiger partial charge in [0, 0.05) is 20.7 Å². The van der Waals surface area contributed by atoms with Gasteiger partial charge in [-0.05, 0) is 67.1 Å². The molecule has 1 atom stereocenters. The number of rotatable bonds is 3. The monoisotopic (exact) mass is 507 g/mol. The van der Waals surface area contributed by atoms with E-state index in [9.17, 15) is 14.4 Å². The van der Waals surface area contributed by atoms with Crippen molar-refractivity contribution in [2.75, 3.05) is 4.90 Å². The van der Waals surface area contributed by atoms with Crippen LogP contribution in [-0.2, 0) is 0 Å². The molecule has 158 valence electrons. The van der Waals surface area contributed by atoms with Crippen LogP contribution in [0, 0.1) is 0 Å². The third kappa shape index (κ3) is 3.27.